The fourth-order valence-electron chi connectivity index (χ4n) is 1.32. The van der Waals surface area contributed by atoms with Crippen molar-refractivity contribution in [2.75, 3.05) is 0 Å². The zero-order chi connectivity index (χ0) is 10.1. The van der Waals surface area contributed by atoms with Gasteiger partial charge >= 0.3 is 6.16 Å². The first-order valence-corrected chi connectivity index (χ1v) is 4.02. The third-order valence-electron chi connectivity index (χ3n) is 1.95. The highest BCUT2D eigenvalue weighted by molar-refractivity contribution is 5.85. The quantitative estimate of drug-likeness (QED) is 0.534. The van der Waals surface area contributed by atoms with E-state index < -0.39 is 6.16 Å². The number of hydrogen-bond acceptors (Lipinski definition) is 3. The molecule has 0 unspecified atom stereocenters. The summed E-state index contributed by atoms with van der Waals surface area (Å²) in [5.41, 5.74) is 2.33. The molecule has 0 radical (unpaired) electrons. The van der Waals surface area contributed by atoms with Crippen LogP contribution in [-0.4, -0.2) is 21.2 Å². The number of aromatic amines is 1. The minimum atomic E-state index is -1.34. The normalized spacial score (nSPS) is 10.4. The van der Waals surface area contributed by atoms with E-state index in [2.05, 4.69) is 14.7 Å². The van der Waals surface area contributed by atoms with Gasteiger partial charge in [0.1, 0.15) is 5.52 Å². The summed E-state index contributed by atoms with van der Waals surface area (Å²) in [6.07, 6.45) is 0.171. The number of rotatable bonds is 1. The molecule has 0 spiro atoms. The van der Waals surface area contributed by atoms with E-state index in [0.29, 0.717) is 5.52 Å². The summed E-state index contributed by atoms with van der Waals surface area (Å²) in [6, 6.07) is 3.37. The number of carboxylic acid groups (broad SMARTS) is 1. The van der Waals surface area contributed by atoms with E-state index >= 15 is 0 Å². The lowest BCUT2D eigenvalue weighted by molar-refractivity contribution is 0.145. The predicted octanol–water partition coefficient (Wildman–Crippen LogP) is 1.93. The van der Waals surface area contributed by atoms with Crippen molar-refractivity contribution in [3.8, 4) is 5.75 Å². The van der Waals surface area contributed by atoms with Crippen molar-refractivity contribution in [3.05, 3.63) is 24.0 Å². The van der Waals surface area contributed by atoms with E-state index in [-0.39, 0.29) is 5.75 Å². The van der Waals surface area contributed by atoms with Gasteiger partial charge in [0.15, 0.2) is 5.75 Å². The maximum absolute atomic E-state index is 10.4. The summed E-state index contributed by atoms with van der Waals surface area (Å²) in [4.78, 5) is 17.3. The van der Waals surface area contributed by atoms with Crippen LogP contribution < -0.4 is 4.74 Å². The second-order valence-electron chi connectivity index (χ2n) is 2.87. The fraction of sp³-hybridized carbons (Fsp3) is 0.111. The lowest BCUT2D eigenvalue weighted by Crippen LogP contribution is -2.03. The topological polar surface area (TPSA) is 75.2 Å². The zero-order valence-electron chi connectivity index (χ0n) is 7.44. The number of aromatic nitrogens is 2. The number of nitrogens with one attached hydrogen (secondary N) is 1. The second-order valence-corrected chi connectivity index (χ2v) is 2.87. The van der Waals surface area contributed by atoms with Crippen molar-refractivity contribution in [1.29, 1.82) is 0 Å². The van der Waals surface area contributed by atoms with Gasteiger partial charge < -0.3 is 14.8 Å². The molecule has 0 aliphatic heterocycles. The number of H-pyrrole nitrogens is 1. The van der Waals surface area contributed by atoms with Crippen LogP contribution in [0.3, 0.4) is 0 Å². The van der Waals surface area contributed by atoms with Crippen molar-refractivity contribution >= 4 is 17.2 Å². The number of aryl methyl sites for hydroxylation is 1. The summed E-state index contributed by atoms with van der Waals surface area (Å²) in [5.74, 6) is 0.249. The van der Waals surface area contributed by atoms with Crippen molar-refractivity contribution in [1.82, 2.24) is 9.97 Å². The van der Waals surface area contributed by atoms with Crippen LogP contribution in [0.15, 0.2) is 18.5 Å². The highest BCUT2D eigenvalue weighted by Crippen LogP contribution is 2.25. The Kier molecular flexibility index (Phi) is 1.85. The van der Waals surface area contributed by atoms with Crippen LogP contribution in [0.5, 0.6) is 5.75 Å². The number of imidazole rings is 1. The number of hydrogen-bond donors (Lipinski definition) is 2. The standard InChI is InChI=1S/C9H8N2O3/c1-5-2-3-6(14-9(12)13)8-7(5)10-4-11-8/h2-4H,1H3,(H,10,11)(H,12,13). The van der Waals surface area contributed by atoms with Gasteiger partial charge in [0, 0.05) is 0 Å². The molecular weight excluding hydrogens is 184 g/mol. The van der Waals surface area contributed by atoms with Gasteiger partial charge in [-0.15, -0.1) is 0 Å². The molecule has 0 amide bonds. The van der Waals surface area contributed by atoms with Crippen molar-refractivity contribution in [2.24, 2.45) is 0 Å². The fourth-order valence-corrected chi connectivity index (χ4v) is 1.32. The lowest BCUT2D eigenvalue weighted by atomic mass is 10.2. The number of benzene rings is 1. The number of carbonyl (C=O) groups is 1. The molecule has 0 saturated heterocycles. The summed E-state index contributed by atoms with van der Waals surface area (Å²) in [5, 5.41) is 8.47. The summed E-state index contributed by atoms with van der Waals surface area (Å²) in [7, 11) is 0. The van der Waals surface area contributed by atoms with Gasteiger partial charge in [0.2, 0.25) is 0 Å². The molecule has 1 aromatic heterocycles. The van der Waals surface area contributed by atoms with E-state index in [4.69, 9.17) is 5.11 Å². The number of ether oxygens (including phenoxy) is 1. The van der Waals surface area contributed by atoms with Crippen LogP contribution in [0.25, 0.3) is 11.0 Å². The first-order valence-electron chi connectivity index (χ1n) is 4.02. The molecule has 0 atom stereocenters. The monoisotopic (exact) mass is 192 g/mol. The molecule has 1 heterocycles. The molecule has 0 aliphatic rings. The largest absolute Gasteiger partial charge is 0.511 e. The molecule has 2 rings (SSSR count). The Labute approximate surface area is 79.3 Å². The Morgan fingerprint density at radius 2 is 2.36 bits per heavy atom. The van der Waals surface area contributed by atoms with Crippen LogP contribution in [0, 0.1) is 6.92 Å². The Bertz CT molecular complexity index is 490. The lowest BCUT2D eigenvalue weighted by Gasteiger charge is -2.01. The highest BCUT2D eigenvalue weighted by Gasteiger charge is 2.09. The van der Waals surface area contributed by atoms with E-state index in [9.17, 15) is 4.79 Å². The van der Waals surface area contributed by atoms with E-state index in [1.54, 1.807) is 12.1 Å². The van der Waals surface area contributed by atoms with E-state index in [0.717, 1.165) is 11.1 Å². The van der Waals surface area contributed by atoms with Crippen molar-refractivity contribution in [2.45, 2.75) is 6.92 Å². The van der Waals surface area contributed by atoms with E-state index in [1.807, 2.05) is 6.92 Å². The number of fused-ring (bicyclic) bond motifs is 1. The first-order chi connectivity index (χ1) is 6.68. The molecule has 72 valence electrons. The zero-order valence-corrected chi connectivity index (χ0v) is 7.44. The first kappa shape index (κ1) is 8.55. The maximum atomic E-state index is 10.4. The van der Waals surface area contributed by atoms with Crippen LogP contribution in [0.2, 0.25) is 0 Å². The summed E-state index contributed by atoms with van der Waals surface area (Å²) >= 11 is 0. The average Bonchev–Trinajstić information content (AvgIpc) is 2.58. The molecule has 2 N–H and O–H groups in total. The molecule has 14 heavy (non-hydrogen) atoms. The smallest absolute Gasteiger partial charge is 0.449 e. The van der Waals surface area contributed by atoms with Crippen LogP contribution in [0.1, 0.15) is 5.56 Å². The minimum absolute atomic E-state index is 0.249. The van der Waals surface area contributed by atoms with Gasteiger partial charge in [-0.3, -0.25) is 0 Å². The summed E-state index contributed by atoms with van der Waals surface area (Å²) < 4.78 is 4.57. The van der Waals surface area contributed by atoms with Crippen molar-refractivity contribution < 1.29 is 14.6 Å². The van der Waals surface area contributed by atoms with Gasteiger partial charge in [0.05, 0.1) is 11.8 Å². The molecule has 1 aromatic carbocycles. The van der Waals surface area contributed by atoms with Crippen LogP contribution in [-0.2, 0) is 0 Å². The third kappa shape index (κ3) is 1.28. The average molecular weight is 192 g/mol. The third-order valence-corrected chi connectivity index (χ3v) is 1.95. The number of nitrogens with zero attached hydrogens (tertiary/aromatic N) is 1. The summed E-state index contributed by atoms with van der Waals surface area (Å²) in [6.45, 7) is 1.91. The van der Waals surface area contributed by atoms with E-state index in [1.165, 1.54) is 6.33 Å². The maximum Gasteiger partial charge on any atom is 0.511 e. The van der Waals surface area contributed by atoms with Gasteiger partial charge in [0.25, 0.3) is 0 Å². The van der Waals surface area contributed by atoms with Crippen molar-refractivity contribution in [3.63, 3.8) is 0 Å². The Morgan fingerprint density at radius 1 is 1.57 bits per heavy atom. The van der Waals surface area contributed by atoms with Crippen LogP contribution >= 0.6 is 0 Å². The molecule has 2 aromatic rings. The highest BCUT2D eigenvalue weighted by atomic mass is 16.7. The molecule has 5 heteroatoms. The van der Waals surface area contributed by atoms with Crippen LogP contribution in [0.4, 0.5) is 4.79 Å². The molecule has 0 fully saturated rings. The Morgan fingerprint density at radius 3 is 3.07 bits per heavy atom. The molecular formula is C9H8N2O3. The Balaban J connectivity index is 2.60. The predicted molar refractivity (Wildman–Crippen MR) is 49.5 cm³/mol. The molecule has 0 bridgehead atoms. The Hall–Kier alpha value is -2.04. The van der Waals surface area contributed by atoms with Gasteiger partial charge in [-0.05, 0) is 18.6 Å². The van der Waals surface area contributed by atoms with Gasteiger partial charge in [-0.1, -0.05) is 6.07 Å². The van der Waals surface area contributed by atoms with Gasteiger partial charge in [-0.25, -0.2) is 9.78 Å². The molecule has 0 aliphatic carbocycles. The molecule has 0 saturated carbocycles. The molecule has 5 nitrogen and oxygen atoms in total. The minimum Gasteiger partial charge on any atom is -0.449 e. The van der Waals surface area contributed by atoms with Gasteiger partial charge in [-0.2, -0.15) is 0 Å². The SMILES string of the molecule is Cc1ccc(OC(=O)O)c2nc[nH]c12. The second kappa shape index (κ2) is 3.02.